The summed E-state index contributed by atoms with van der Waals surface area (Å²) in [6.45, 7) is 4.55. The molecule has 1 radical (unpaired) electrons. The summed E-state index contributed by atoms with van der Waals surface area (Å²) in [6, 6.07) is 18.4. The van der Waals surface area contributed by atoms with Crippen LogP contribution in [0.15, 0.2) is 54.9 Å². The van der Waals surface area contributed by atoms with E-state index in [1.54, 1.807) is 6.20 Å². The smallest absolute Gasteiger partial charge is 0.0493 e. The Morgan fingerprint density at radius 2 is 1.81 bits per heavy atom. The fourth-order valence-corrected chi connectivity index (χ4v) is 3.15. The third kappa shape index (κ3) is 2.00. The fraction of sp³-hybridized carbons (Fsp3) is 0.167. The predicted octanol–water partition coefficient (Wildman–Crippen LogP) is 3.98. The molecule has 4 rings (SSSR count). The monoisotopic (exact) mass is 452 g/mol. The minimum atomic E-state index is 0. The third-order valence-corrected chi connectivity index (χ3v) is 4.22. The average Bonchev–Trinajstić information content (AvgIpc) is 3.07. The van der Waals surface area contributed by atoms with Crippen LogP contribution in [0, 0.1) is 6.07 Å². The molecule has 107 valence electrons. The van der Waals surface area contributed by atoms with Crippen molar-refractivity contribution in [2.75, 3.05) is 0 Å². The zero-order valence-electron chi connectivity index (χ0n) is 11.9. The van der Waals surface area contributed by atoms with E-state index in [1.807, 2.05) is 16.9 Å². The number of nitrogens with zero attached hydrogens (tertiary/aromatic N) is 2. The molecule has 0 N–H and O–H groups in total. The Bertz CT molecular complexity index is 789. The van der Waals surface area contributed by atoms with Crippen molar-refractivity contribution in [1.82, 2.24) is 9.78 Å². The fourth-order valence-electron chi connectivity index (χ4n) is 3.15. The van der Waals surface area contributed by atoms with Gasteiger partial charge in [0.05, 0.1) is 0 Å². The molecule has 0 saturated heterocycles. The van der Waals surface area contributed by atoms with Gasteiger partial charge in [-0.05, 0) is 17.2 Å². The number of hydrogen-bond acceptors (Lipinski definition) is 1. The second-order valence-corrected chi connectivity index (χ2v) is 5.75. The number of aromatic nitrogens is 2. The Balaban J connectivity index is 0.00000132. The second kappa shape index (κ2) is 4.94. The van der Waals surface area contributed by atoms with Crippen molar-refractivity contribution < 1.29 is 20.1 Å². The van der Waals surface area contributed by atoms with Crippen molar-refractivity contribution in [3.8, 4) is 16.8 Å². The van der Waals surface area contributed by atoms with Gasteiger partial charge >= 0.3 is 0 Å². The molecular formula is C18H15IrN2-. The van der Waals surface area contributed by atoms with Crippen molar-refractivity contribution in [2.24, 2.45) is 0 Å². The first-order valence-corrected chi connectivity index (χ1v) is 6.84. The predicted molar refractivity (Wildman–Crippen MR) is 80.0 cm³/mol. The zero-order chi connectivity index (χ0) is 13.7. The Kier molecular flexibility index (Phi) is 3.35. The number of rotatable bonds is 1. The molecule has 0 aliphatic heterocycles. The van der Waals surface area contributed by atoms with E-state index in [0.717, 1.165) is 5.69 Å². The maximum absolute atomic E-state index is 4.29. The van der Waals surface area contributed by atoms with Gasteiger partial charge in [0.1, 0.15) is 0 Å². The minimum absolute atomic E-state index is 0. The maximum atomic E-state index is 4.29. The molecule has 3 heteroatoms. The number of hydrogen-bond donors (Lipinski definition) is 0. The van der Waals surface area contributed by atoms with Crippen LogP contribution >= 0.6 is 0 Å². The van der Waals surface area contributed by atoms with Crippen molar-refractivity contribution in [1.29, 1.82) is 0 Å². The summed E-state index contributed by atoms with van der Waals surface area (Å²) in [5, 5.41) is 4.29. The van der Waals surface area contributed by atoms with Gasteiger partial charge in [-0.15, -0.1) is 29.3 Å². The van der Waals surface area contributed by atoms with Crippen LogP contribution in [-0.4, -0.2) is 9.78 Å². The van der Waals surface area contributed by atoms with Crippen LogP contribution in [0.4, 0.5) is 0 Å². The van der Waals surface area contributed by atoms with Crippen molar-refractivity contribution in [3.05, 3.63) is 72.1 Å². The normalized spacial score (nSPS) is 14.2. The van der Waals surface area contributed by atoms with Crippen LogP contribution in [0.5, 0.6) is 0 Å². The Hall–Kier alpha value is -1.70. The van der Waals surface area contributed by atoms with Crippen LogP contribution in [0.3, 0.4) is 0 Å². The van der Waals surface area contributed by atoms with Gasteiger partial charge in [0.15, 0.2) is 0 Å². The molecular weight excluding hydrogens is 436 g/mol. The molecule has 1 heterocycles. The van der Waals surface area contributed by atoms with Crippen LogP contribution in [-0.2, 0) is 25.5 Å². The molecule has 0 unspecified atom stereocenters. The van der Waals surface area contributed by atoms with Gasteiger partial charge in [-0.25, -0.2) is 0 Å². The summed E-state index contributed by atoms with van der Waals surface area (Å²) < 4.78 is 1.86. The van der Waals surface area contributed by atoms with Gasteiger partial charge < -0.3 is 0 Å². The second-order valence-electron chi connectivity index (χ2n) is 5.75. The molecule has 2 aromatic carbocycles. The molecule has 3 aromatic rings. The first-order chi connectivity index (χ1) is 9.68. The van der Waals surface area contributed by atoms with E-state index in [1.165, 1.54) is 22.3 Å². The quantitative estimate of drug-likeness (QED) is 0.512. The molecule has 1 aromatic heterocycles. The van der Waals surface area contributed by atoms with E-state index in [2.05, 4.69) is 61.4 Å². The van der Waals surface area contributed by atoms with Gasteiger partial charge in [-0.2, -0.15) is 5.10 Å². The standard InChI is InChI=1S/C18H15N2.Ir/c1-18(2)16-7-4-3-6-14(16)15-12-13(8-9-17(15)18)20-11-5-10-19-20;/h3-11H,1-2H3;/q-1;. The molecule has 1 aliphatic carbocycles. The SMILES string of the molecule is CC1(C)c2ccc(-n3cccn3)[c-]c2-c2ccccc21.[Ir]. The van der Waals surface area contributed by atoms with Gasteiger partial charge in [0, 0.05) is 32.5 Å². The molecule has 0 fully saturated rings. The summed E-state index contributed by atoms with van der Waals surface area (Å²) in [5.74, 6) is 0. The van der Waals surface area contributed by atoms with E-state index >= 15 is 0 Å². The van der Waals surface area contributed by atoms with E-state index in [4.69, 9.17) is 0 Å². The van der Waals surface area contributed by atoms with E-state index in [-0.39, 0.29) is 25.5 Å². The number of benzene rings is 2. The van der Waals surface area contributed by atoms with Crippen molar-refractivity contribution in [2.45, 2.75) is 19.3 Å². The minimum Gasteiger partial charge on any atom is -0.260 e. The van der Waals surface area contributed by atoms with Gasteiger partial charge in [-0.1, -0.05) is 49.2 Å². The van der Waals surface area contributed by atoms with Gasteiger partial charge in [-0.3, -0.25) is 4.68 Å². The summed E-state index contributed by atoms with van der Waals surface area (Å²) in [7, 11) is 0. The van der Waals surface area contributed by atoms with Gasteiger partial charge in [0.2, 0.25) is 0 Å². The molecule has 2 nitrogen and oxygen atoms in total. The zero-order valence-corrected chi connectivity index (χ0v) is 14.3. The molecule has 0 spiro atoms. The molecule has 21 heavy (non-hydrogen) atoms. The summed E-state index contributed by atoms with van der Waals surface area (Å²) in [4.78, 5) is 0. The van der Waals surface area contributed by atoms with Gasteiger partial charge in [0.25, 0.3) is 0 Å². The summed E-state index contributed by atoms with van der Waals surface area (Å²) in [6.07, 6.45) is 3.74. The third-order valence-electron chi connectivity index (χ3n) is 4.22. The summed E-state index contributed by atoms with van der Waals surface area (Å²) in [5.41, 5.74) is 6.25. The Morgan fingerprint density at radius 3 is 2.57 bits per heavy atom. The largest absolute Gasteiger partial charge is 0.260 e. The van der Waals surface area contributed by atoms with Crippen LogP contribution in [0.25, 0.3) is 16.8 Å². The molecule has 0 bridgehead atoms. The first kappa shape index (κ1) is 14.2. The number of fused-ring (bicyclic) bond motifs is 3. The summed E-state index contributed by atoms with van der Waals surface area (Å²) >= 11 is 0. The molecule has 0 amide bonds. The van der Waals surface area contributed by atoms with Crippen LogP contribution in [0.1, 0.15) is 25.0 Å². The Morgan fingerprint density at radius 1 is 1.00 bits per heavy atom. The van der Waals surface area contributed by atoms with Crippen molar-refractivity contribution >= 4 is 0 Å². The van der Waals surface area contributed by atoms with Crippen molar-refractivity contribution in [3.63, 3.8) is 0 Å². The molecule has 0 saturated carbocycles. The molecule has 0 atom stereocenters. The maximum Gasteiger partial charge on any atom is 0.0493 e. The van der Waals surface area contributed by atoms with E-state index in [0.29, 0.717) is 0 Å². The Labute approximate surface area is 138 Å². The topological polar surface area (TPSA) is 17.8 Å². The molecule has 1 aliphatic rings. The van der Waals surface area contributed by atoms with E-state index in [9.17, 15) is 0 Å². The van der Waals surface area contributed by atoms with E-state index < -0.39 is 0 Å². The first-order valence-electron chi connectivity index (χ1n) is 6.84. The average molecular weight is 452 g/mol. The van der Waals surface area contributed by atoms with Crippen LogP contribution < -0.4 is 0 Å². The van der Waals surface area contributed by atoms with Crippen LogP contribution in [0.2, 0.25) is 0 Å².